The number of piperidine rings is 1. The number of halogens is 2. The van der Waals surface area contributed by atoms with Gasteiger partial charge < -0.3 is 24.8 Å². The number of aromatic nitrogens is 3. The van der Waals surface area contributed by atoms with Crippen LogP contribution in [0, 0.1) is 6.92 Å². The molecule has 2 aromatic heterocycles. The lowest BCUT2D eigenvalue weighted by Gasteiger charge is -2.48. The van der Waals surface area contributed by atoms with Gasteiger partial charge in [0.15, 0.2) is 5.82 Å². The Morgan fingerprint density at radius 2 is 1.73 bits per heavy atom. The zero-order chi connectivity index (χ0) is 35.8. The number of rotatable bonds is 10. The van der Waals surface area contributed by atoms with Crippen LogP contribution in [0.1, 0.15) is 102 Å². The van der Waals surface area contributed by atoms with Gasteiger partial charge in [0.1, 0.15) is 11.7 Å². The molecular weight excluding hydrogens is 648 g/mol. The lowest BCUT2D eigenvalue weighted by molar-refractivity contribution is -0.123. The van der Waals surface area contributed by atoms with Crippen molar-refractivity contribution in [1.29, 1.82) is 0 Å². The Bertz CT molecular complexity index is 1970. The Kier molecular flexibility index (Phi) is 8.46. The van der Waals surface area contributed by atoms with E-state index in [0.29, 0.717) is 36.0 Å². The molecule has 4 heterocycles. The number of amides is 1. The van der Waals surface area contributed by atoms with E-state index in [4.69, 9.17) is 9.97 Å². The molecule has 1 atom stereocenters. The second-order valence-electron chi connectivity index (χ2n) is 16.1. The number of nitrogens with zero attached hydrogens (tertiary/aromatic N) is 5. The summed E-state index contributed by atoms with van der Waals surface area (Å²) >= 11 is 0. The van der Waals surface area contributed by atoms with Crippen molar-refractivity contribution in [1.82, 2.24) is 24.8 Å². The number of hydrogen-bond acceptors (Lipinski definition) is 7. The number of fused-ring (bicyclic) bond motifs is 2. The lowest BCUT2D eigenvalue weighted by Crippen LogP contribution is -2.57. The van der Waals surface area contributed by atoms with Gasteiger partial charge in [-0.1, -0.05) is 24.6 Å². The third-order valence-corrected chi connectivity index (χ3v) is 11.9. The number of aliphatic hydroxyl groups is 1. The number of benzene rings is 2. The standard InChI is InChI=1S/C40H49F2N7O2/c1-23(2)48-22-43-32-21-31(45-35(34(32)48)44-26-11-9-24(3)29(18-26)36(50)46-40(13-14-40)37(41)42)25-10-12-30-33(17-25)49(38(51)39(30,4)5)28-19-27(20-28)47-15-7-6-8-16-47/h9-12,17-18,21-23,27-28,36-37,46,50H,6-8,13-16,19-20H2,1-5H3,(H,44,45)/t27-,28+,36?. The molecule has 9 nitrogen and oxygen atoms in total. The predicted octanol–water partition coefficient (Wildman–Crippen LogP) is 7.75. The van der Waals surface area contributed by atoms with Crippen LogP contribution in [0.4, 0.5) is 26.0 Å². The van der Waals surface area contributed by atoms with Gasteiger partial charge in [-0.05, 0) is 122 Å². The fraction of sp³-hybridized carbons (Fsp3) is 0.525. The summed E-state index contributed by atoms with van der Waals surface area (Å²) in [6, 6.07) is 14.7. The van der Waals surface area contributed by atoms with Crippen molar-refractivity contribution in [3.05, 3.63) is 65.5 Å². The highest BCUT2D eigenvalue weighted by molar-refractivity contribution is 6.08. The van der Waals surface area contributed by atoms with Crippen LogP contribution in [-0.2, 0) is 10.2 Å². The number of imidazole rings is 1. The Morgan fingerprint density at radius 1 is 0.980 bits per heavy atom. The highest BCUT2D eigenvalue weighted by Gasteiger charge is 2.52. The first-order valence-electron chi connectivity index (χ1n) is 18.6. The molecule has 2 aliphatic heterocycles. The topological polar surface area (TPSA) is 98.6 Å². The van der Waals surface area contributed by atoms with Gasteiger partial charge in [-0.15, -0.1) is 0 Å². The van der Waals surface area contributed by atoms with Crippen LogP contribution in [0.15, 0.2) is 48.8 Å². The Hall–Kier alpha value is -3.93. The van der Waals surface area contributed by atoms with Crippen molar-refractivity contribution in [3.8, 4) is 11.3 Å². The van der Waals surface area contributed by atoms with Crippen molar-refractivity contribution in [2.75, 3.05) is 23.3 Å². The molecule has 3 fully saturated rings. The number of hydrogen-bond donors (Lipinski definition) is 3. The van der Waals surface area contributed by atoms with E-state index in [1.807, 2.05) is 45.3 Å². The van der Waals surface area contributed by atoms with Crippen molar-refractivity contribution < 1.29 is 18.7 Å². The molecule has 270 valence electrons. The fourth-order valence-corrected chi connectivity index (χ4v) is 8.40. The SMILES string of the molecule is Cc1ccc(Nc2nc(-c3ccc4c(c3)N([C@H]3C[C@@H](N5CCCCC5)C3)C(=O)C4(C)C)cc3ncn(C(C)C)c23)cc1C(O)NC1(C(F)F)CC1. The minimum absolute atomic E-state index is 0.116. The average molecular weight is 698 g/mol. The second-order valence-corrected chi connectivity index (χ2v) is 16.1. The van der Waals surface area contributed by atoms with E-state index in [0.717, 1.165) is 65.0 Å². The number of pyridine rings is 1. The zero-order valence-corrected chi connectivity index (χ0v) is 30.2. The maximum Gasteiger partial charge on any atom is 0.256 e. The second kappa shape index (κ2) is 12.6. The van der Waals surface area contributed by atoms with Crippen molar-refractivity contribution in [2.45, 2.75) is 121 Å². The van der Waals surface area contributed by atoms with Gasteiger partial charge in [-0.2, -0.15) is 0 Å². The number of nitrogens with one attached hydrogen (secondary N) is 2. The average Bonchev–Trinajstić information content (AvgIpc) is 3.69. The van der Waals surface area contributed by atoms with Crippen LogP contribution in [0.5, 0.6) is 0 Å². The van der Waals surface area contributed by atoms with Gasteiger partial charge >= 0.3 is 0 Å². The van der Waals surface area contributed by atoms with Gasteiger partial charge in [0.2, 0.25) is 5.91 Å². The van der Waals surface area contributed by atoms with E-state index < -0.39 is 23.6 Å². The Morgan fingerprint density at radius 3 is 2.41 bits per heavy atom. The zero-order valence-electron chi connectivity index (χ0n) is 30.2. The van der Waals surface area contributed by atoms with Crippen LogP contribution in [0.2, 0.25) is 0 Å². The molecule has 0 spiro atoms. The summed E-state index contributed by atoms with van der Waals surface area (Å²) < 4.78 is 29.5. The van der Waals surface area contributed by atoms with Gasteiger partial charge in [-0.25, -0.2) is 18.7 Å². The maximum atomic E-state index is 14.0. The number of carbonyl (C=O) groups excluding carboxylic acids is 1. The molecule has 11 heteroatoms. The highest BCUT2D eigenvalue weighted by Crippen LogP contribution is 2.48. The first-order chi connectivity index (χ1) is 24.4. The van der Waals surface area contributed by atoms with E-state index in [1.54, 1.807) is 6.07 Å². The van der Waals surface area contributed by atoms with E-state index in [1.165, 1.54) is 19.3 Å². The summed E-state index contributed by atoms with van der Waals surface area (Å²) in [6.45, 7) is 12.4. The van der Waals surface area contributed by atoms with Crippen LogP contribution < -0.4 is 15.5 Å². The summed E-state index contributed by atoms with van der Waals surface area (Å²) in [7, 11) is 0. The molecule has 2 aliphatic carbocycles. The molecule has 2 aromatic carbocycles. The van der Waals surface area contributed by atoms with Crippen LogP contribution in [-0.4, -0.2) is 67.6 Å². The van der Waals surface area contributed by atoms with Gasteiger partial charge in [-0.3, -0.25) is 10.1 Å². The molecular formula is C40H49F2N7O2. The predicted molar refractivity (Wildman–Crippen MR) is 197 cm³/mol. The molecule has 8 rings (SSSR count). The summed E-state index contributed by atoms with van der Waals surface area (Å²) in [5.41, 5.74) is 5.28. The van der Waals surface area contributed by atoms with E-state index in [9.17, 15) is 18.7 Å². The highest BCUT2D eigenvalue weighted by atomic mass is 19.3. The molecule has 1 unspecified atom stereocenters. The maximum absolute atomic E-state index is 14.0. The molecule has 1 amide bonds. The van der Waals surface area contributed by atoms with Gasteiger partial charge in [0.05, 0.1) is 28.5 Å². The Labute approximate surface area is 298 Å². The third-order valence-electron chi connectivity index (χ3n) is 11.9. The quantitative estimate of drug-likeness (QED) is 0.146. The summed E-state index contributed by atoms with van der Waals surface area (Å²) in [5.74, 6) is 0.750. The van der Waals surface area contributed by atoms with Crippen LogP contribution >= 0.6 is 0 Å². The van der Waals surface area contributed by atoms with Gasteiger partial charge in [0, 0.05) is 40.6 Å². The number of aryl methyl sites for hydroxylation is 1. The molecule has 4 aromatic rings. The molecule has 0 bridgehead atoms. The number of carbonyl (C=O) groups is 1. The smallest absolute Gasteiger partial charge is 0.256 e. The van der Waals surface area contributed by atoms with Crippen molar-refractivity contribution in [3.63, 3.8) is 0 Å². The third kappa shape index (κ3) is 5.91. The van der Waals surface area contributed by atoms with Crippen LogP contribution in [0.3, 0.4) is 0 Å². The number of aliphatic hydroxyl groups excluding tert-OH is 1. The first kappa shape index (κ1) is 34.2. The van der Waals surface area contributed by atoms with E-state index >= 15 is 0 Å². The molecule has 0 radical (unpaired) electrons. The molecule has 2 saturated carbocycles. The molecule has 3 N–H and O–H groups in total. The fourth-order valence-electron chi connectivity index (χ4n) is 8.40. The molecule has 51 heavy (non-hydrogen) atoms. The number of likely N-dealkylation sites (tertiary alicyclic amines) is 1. The largest absolute Gasteiger partial charge is 0.374 e. The summed E-state index contributed by atoms with van der Waals surface area (Å²) in [5, 5.41) is 17.3. The first-order valence-corrected chi connectivity index (χ1v) is 18.6. The van der Waals surface area contributed by atoms with E-state index in [-0.39, 0.29) is 18.0 Å². The van der Waals surface area contributed by atoms with Crippen molar-refractivity contribution >= 4 is 34.1 Å². The monoisotopic (exact) mass is 697 g/mol. The van der Waals surface area contributed by atoms with Gasteiger partial charge in [0.25, 0.3) is 6.43 Å². The number of anilines is 3. The normalized spacial score (nSPS) is 23.2. The molecule has 4 aliphatic rings. The van der Waals surface area contributed by atoms with Crippen LogP contribution in [0.25, 0.3) is 22.3 Å². The molecule has 1 saturated heterocycles. The van der Waals surface area contributed by atoms with Crippen molar-refractivity contribution in [2.24, 2.45) is 0 Å². The summed E-state index contributed by atoms with van der Waals surface area (Å²) in [4.78, 5) is 28.6. The minimum atomic E-state index is -2.55. The number of alkyl halides is 2. The Balaban J connectivity index is 1.13. The van der Waals surface area contributed by atoms with E-state index in [2.05, 4.69) is 57.0 Å². The lowest BCUT2D eigenvalue weighted by atomic mass is 9.82. The summed E-state index contributed by atoms with van der Waals surface area (Å²) in [6.07, 6.45) is 4.54. The minimum Gasteiger partial charge on any atom is -0.374 e.